The van der Waals surface area contributed by atoms with Crippen LogP contribution in [0.25, 0.3) is 11.2 Å². The first-order valence-corrected chi connectivity index (χ1v) is 6.88. The van der Waals surface area contributed by atoms with Crippen molar-refractivity contribution < 1.29 is 4.74 Å². The number of benzene rings is 1. The molecular formula is C15H15ClN4O. The summed E-state index contributed by atoms with van der Waals surface area (Å²) in [6, 6.07) is 7.46. The summed E-state index contributed by atoms with van der Waals surface area (Å²) in [6.45, 7) is 2.44. The molecule has 108 valence electrons. The molecule has 0 fully saturated rings. The van der Waals surface area contributed by atoms with Gasteiger partial charge in [0.2, 0.25) is 5.95 Å². The van der Waals surface area contributed by atoms with E-state index in [1.807, 2.05) is 35.8 Å². The van der Waals surface area contributed by atoms with Gasteiger partial charge in [-0.3, -0.25) is 4.57 Å². The standard InChI is InChI=1S/C15H15ClN4O/c1-9-6-7-18-14-13(9)19-15(17)20(14)8-10-11(16)4-3-5-12(10)21-2/h3-7H,8H2,1-2H3,(H2,17,19). The van der Waals surface area contributed by atoms with Gasteiger partial charge in [0, 0.05) is 16.8 Å². The number of nitrogens with zero attached hydrogens (tertiary/aromatic N) is 3. The molecule has 2 aromatic heterocycles. The van der Waals surface area contributed by atoms with Gasteiger partial charge in [-0.15, -0.1) is 0 Å². The zero-order chi connectivity index (χ0) is 15.0. The molecule has 0 radical (unpaired) electrons. The molecule has 0 unspecified atom stereocenters. The van der Waals surface area contributed by atoms with E-state index < -0.39 is 0 Å². The molecule has 0 aliphatic carbocycles. The monoisotopic (exact) mass is 302 g/mol. The first kappa shape index (κ1) is 13.7. The van der Waals surface area contributed by atoms with Gasteiger partial charge in [-0.05, 0) is 30.7 Å². The normalized spacial score (nSPS) is 11.0. The molecule has 2 N–H and O–H groups in total. The van der Waals surface area contributed by atoms with Crippen molar-refractivity contribution in [3.05, 3.63) is 46.6 Å². The fraction of sp³-hybridized carbons (Fsp3) is 0.200. The first-order valence-electron chi connectivity index (χ1n) is 6.50. The molecule has 3 rings (SSSR count). The maximum absolute atomic E-state index is 6.28. The molecule has 0 aliphatic rings. The van der Waals surface area contributed by atoms with Crippen LogP contribution in [0.1, 0.15) is 11.1 Å². The van der Waals surface area contributed by atoms with Crippen molar-refractivity contribution in [3.63, 3.8) is 0 Å². The quantitative estimate of drug-likeness (QED) is 0.807. The van der Waals surface area contributed by atoms with Crippen LogP contribution in [-0.4, -0.2) is 21.6 Å². The summed E-state index contributed by atoms with van der Waals surface area (Å²) in [5.41, 5.74) is 9.49. The highest BCUT2D eigenvalue weighted by Gasteiger charge is 2.15. The maximum Gasteiger partial charge on any atom is 0.202 e. The van der Waals surface area contributed by atoms with E-state index in [1.54, 1.807) is 13.3 Å². The highest BCUT2D eigenvalue weighted by molar-refractivity contribution is 6.31. The lowest BCUT2D eigenvalue weighted by Crippen LogP contribution is -2.07. The fourth-order valence-corrected chi connectivity index (χ4v) is 2.58. The van der Waals surface area contributed by atoms with Gasteiger partial charge < -0.3 is 10.5 Å². The summed E-state index contributed by atoms with van der Waals surface area (Å²) in [5.74, 6) is 1.13. The Morgan fingerprint density at radius 3 is 2.90 bits per heavy atom. The van der Waals surface area contributed by atoms with Gasteiger partial charge in [-0.2, -0.15) is 0 Å². The van der Waals surface area contributed by atoms with E-state index in [0.717, 1.165) is 28.0 Å². The van der Waals surface area contributed by atoms with Crippen LogP contribution in [0.15, 0.2) is 30.5 Å². The zero-order valence-electron chi connectivity index (χ0n) is 11.8. The first-order chi connectivity index (χ1) is 10.1. The Morgan fingerprint density at radius 1 is 1.33 bits per heavy atom. The number of methoxy groups -OCH3 is 1. The zero-order valence-corrected chi connectivity index (χ0v) is 12.6. The molecule has 0 atom stereocenters. The third-order valence-corrected chi connectivity index (χ3v) is 3.83. The number of hydrogen-bond donors (Lipinski definition) is 1. The third kappa shape index (κ3) is 2.29. The van der Waals surface area contributed by atoms with Crippen LogP contribution in [0.5, 0.6) is 5.75 Å². The highest BCUT2D eigenvalue weighted by atomic mass is 35.5. The van der Waals surface area contributed by atoms with Crippen molar-refractivity contribution in [2.24, 2.45) is 0 Å². The number of pyridine rings is 1. The number of aromatic nitrogens is 3. The molecule has 0 aliphatic heterocycles. The molecule has 1 aromatic carbocycles. The number of nitrogen functional groups attached to an aromatic ring is 1. The summed E-state index contributed by atoms with van der Waals surface area (Å²) in [5, 5.41) is 0.628. The highest BCUT2D eigenvalue weighted by Crippen LogP contribution is 2.29. The molecule has 0 bridgehead atoms. The Hall–Kier alpha value is -2.27. The maximum atomic E-state index is 6.28. The van der Waals surface area contributed by atoms with Crippen LogP contribution in [0, 0.1) is 6.92 Å². The smallest absolute Gasteiger partial charge is 0.202 e. The molecule has 2 heterocycles. The average Bonchev–Trinajstić information content (AvgIpc) is 2.79. The van der Waals surface area contributed by atoms with Crippen molar-refractivity contribution in [2.75, 3.05) is 12.8 Å². The molecule has 0 amide bonds. The van der Waals surface area contributed by atoms with Gasteiger partial charge in [0.05, 0.1) is 13.7 Å². The van der Waals surface area contributed by atoms with Crippen LogP contribution < -0.4 is 10.5 Å². The van der Waals surface area contributed by atoms with Gasteiger partial charge in [-0.1, -0.05) is 17.7 Å². The van der Waals surface area contributed by atoms with Gasteiger partial charge in [0.15, 0.2) is 5.65 Å². The second-order valence-electron chi connectivity index (χ2n) is 4.78. The van der Waals surface area contributed by atoms with Crippen molar-refractivity contribution in [1.82, 2.24) is 14.5 Å². The second-order valence-corrected chi connectivity index (χ2v) is 5.18. The van der Waals surface area contributed by atoms with Crippen LogP contribution in [-0.2, 0) is 6.54 Å². The van der Waals surface area contributed by atoms with Crippen molar-refractivity contribution >= 4 is 28.7 Å². The SMILES string of the molecule is COc1cccc(Cl)c1Cn1c(N)nc2c(C)ccnc21. The van der Waals surface area contributed by atoms with Gasteiger partial charge in [0.1, 0.15) is 11.3 Å². The summed E-state index contributed by atoms with van der Waals surface area (Å²) >= 11 is 6.28. The lowest BCUT2D eigenvalue weighted by atomic mass is 10.2. The predicted molar refractivity (Wildman–Crippen MR) is 83.8 cm³/mol. The molecular weight excluding hydrogens is 288 g/mol. The van der Waals surface area contributed by atoms with Crippen LogP contribution in [0.3, 0.4) is 0 Å². The molecule has 5 nitrogen and oxygen atoms in total. The van der Waals surface area contributed by atoms with Crippen molar-refractivity contribution in [1.29, 1.82) is 0 Å². The van der Waals surface area contributed by atoms with Gasteiger partial charge in [-0.25, -0.2) is 9.97 Å². The minimum Gasteiger partial charge on any atom is -0.496 e. The lowest BCUT2D eigenvalue weighted by molar-refractivity contribution is 0.408. The second kappa shape index (κ2) is 5.26. The van der Waals surface area contributed by atoms with E-state index in [2.05, 4.69) is 9.97 Å². The molecule has 0 saturated heterocycles. The predicted octanol–water partition coefficient (Wildman–Crippen LogP) is 3.03. The number of ether oxygens (including phenoxy) is 1. The summed E-state index contributed by atoms with van der Waals surface area (Å²) in [6.07, 6.45) is 1.75. The Bertz CT molecular complexity index is 813. The Kier molecular flexibility index (Phi) is 3.43. The Morgan fingerprint density at radius 2 is 2.14 bits per heavy atom. The number of aryl methyl sites for hydroxylation is 1. The molecule has 6 heteroatoms. The molecule has 0 spiro atoms. The summed E-state index contributed by atoms with van der Waals surface area (Å²) in [4.78, 5) is 8.77. The molecule has 0 saturated carbocycles. The van der Waals surface area contributed by atoms with E-state index in [9.17, 15) is 0 Å². The third-order valence-electron chi connectivity index (χ3n) is 3.48. The van der Waals surface area contributed by atoms with Crippen LogP contribution >= 0.6 is 11.6 Å². The number of hydrogen-bond acceptors (Lipinski definition) is 4. The van der Waals surface area contributed by atoms with Crippen LogP contribution in [0.4, 0.5) is 5.95 Å². The van der Waals surface area contributed by atoms with E-state index in [-0.39, 0.29) is 0 Å². The largest absolute Gasteiger partial charge is 0.496 e. The van der Waals surface area contributed by atoms with Crippen LogP contribution in [0.2, 0.25) is 5.02 Å². The average molecular weight is 303 g/mol. The molecule has 3 aromatic rings. The minimum absolute atomic E-state index is 0.411. The van der Waals surface area contributed by atoms with Gasteiger partial charge in [0.25, 0.3) is 0 Å². The number of rotatable bonds is 3. The molecule has 21 heavy (non-hydrogen) atoms. The minimum atomic E-state index is 0.411. The van der Waals surface area contributed by atoms with E-state index >= 15 is 0 Å². The van der Waals surface area contributed by atoms with Crippen molar-refractivity contribution in [3.8, 4) is 5.75 Å². The van der Waals surface area contributed by atoms with Crippen molar-refractivity contribution in [2.45, 2.75) is 13.5 Å². The Balaban J connectivity index is 2.15. The topological polar surface area (TPSA) is 66.0 Å². The van der Waals surface area contributed by atoms with E-state index in [1.165, 1.54) is 0 Å². The lowest BCUT2D eigenvalue weighted by Gasteiger charge is -2.12. The summed E-state index contributed by atoms with van der Waals surface area (Å²) < 4.78 is 7.21. The summed E-state index contributed by atoms with van der Waals surface area (Å²) in [7, 11) is 1.62. The number of imidazole rings is 1. The van der Waals surface area contributed by atoms with E-state index in [4.69, 9.17) is 22.1 Å². The number of fused-ring (bicyclic) bond motifs is 1. The number of halogens is 1. The number of nitrogens with two attached hydrogens (primary N) is 1. The Labute approximate surface area is 127 Å². The van der Waals surface area contributed by atoms with E-state index in [0.29, 0.717) is 17.5 Å². The van der Waals surface area contributed by atoms with Gasteiger partial charge >= 0.3 is 0 Å². The number of anilines is 1. The fourth-order valence-electron chi connectivity index (χ4n) is 2.35.